The van der Waals surface area contributed by atoms with Gasteiger partial charge in [-0.05, 0) is 36.5 Å². The topological polar surface area (TPSA) is 63.4 Å². The van der Waals surface area contributed by atoms with Crippen LogP contribution in [0, 0.1) is 11.7 Å². The molecule has 2 N–H and O–H groups in total. The lowest BCUT2D eigenvalue weighted by atomic mass is 10.2. The van der Waals surface area contributed by atoms with Crippen molar-refractivity contribution in [1.29, 1.82) is 0 Å². The van der Waals surface area contributed by atoms with Crippen molar-refractivity contribution in [2.75, 3.05) is 6.54 Å². The van der Waals surface area contributed by atoms with E-state index in [2.05, 4.69) is 0 Å². The number of hydrogen-bond donors (Lipinski definition) is 1. The smallest absolute Gasteiger partial charge is 0.246 e. The van der Waals surface area contributed by atoms with Crippen LogP contribution in [0.15, 0.2) is 23.1 Å². The van der Waals surface area contributed by atoms with Crippen LogP contribution in [0.4, 0.5) is 4.39 Å². The number of rotatable bonds is 6. The van der Waals surface area contributed by atoms with Crippen LogP contribution < -0.4 is 5.73 Å². The molecule has 1 aliphatic rings. The Labute approximate surface area is 119 Å². The highest BCUT2D eigenvalue weighted by Gasteiger charge is 2.39. The van der Waals surface area contributed by atoms with Crippen molar-refractivity contribution in [3.63, 3.8) is 0 Å². The van der Waals surface area contributed by atoms with Gasteiger partial charge in [-0.25, -0.2) is 12.8 Å². The van der Waals surface area contributed by atoms with Gasteiger partial charge in [0.2, 0.25) is 10.0 Å². The summed E-state index contributed by atoms with van der Waals surface area (Å²) in [6.07, 6.45) is 1.70. The lowest BCUT2D eigenvalue weighted by molar-refractivity contribution is 0.358. The zero-order valence-electron chi connectivity index (χ0n) is 11.8. The van der Waals surface area contributed by atoms with Crippen molar-refractivity contribution in [1.82, 2.24) is 4.31 Å². The fourth-order valence-corrected chi connectivity index (χ4v) is 4.13. The van der Waals surface area contributed by atoms with Crippen LogP contribution in [-0.4, -0.2) is 25.3 Å². The fraction of sp³-hybridized carbons (Fsp3) is 0.571. The van der Waals surface area contributed by atoms with Gasteiger partial charge in [0.1, 0.15) is 10.7 Å². The van der Waals surface area contributed by atoms with E-state index in [0.29, 0.717) is 12.1 Å². The Hall–Kier alpha value is -0.980. The van der Waals surface area contributed by atoms with Crippen molar-refractivity contribution >= 4 is 10.0 Å². The third-order valence-electron chi connectivity index (χ3n) is 3.32. The molecule has 1 fully saturated rings. The van der Waals surface area contributed by atoms with Crippen LogP contribution in [0.5, 0.6) is 0 Å². The molecular weight excluding hydrogens is 279 g/mol. The van der Waals surface area contributed by atoms with Crippen LogP contribution >= 0.6 is 0 Å². The van der Waals surface area contributed by atoms with E-state index in [1.165, 1.54) is 22.5 Å². The second-order valence-electron chi connectivity index (χ2n) is 5.67. The van der Waals surface area contributed by atoms with E-state index in [9.17, 15) is 12.8 Å². The highest BCUT2D eigenvalue weighted by molar-refractivity contribution is 7.89. The average Bonchev–Trinajstić information content (AvgIpc) is 3.20. The molecule has 0 unspecified atom stereocenters. The monoisotopic (exact) mass is 300 g/mol. The Morgan fingerprint density at radius 1 is 1.40 bits per heavy atom. The molecular formula is C14H21FN2O2S. The average molecular weight is 300 g/mol. The van der Waals surface area contributed by atoms with Crippen molar-refractivity contribution < 1.29 is 12.8 Å². The van der Waals surface area contributed by atoms with Crippen LogP contribution in [0.3, 0.4) is 0 Å². The van der Waals surface area contributed by atoms with Crippen molar-refractivity contribution in [2.45, 2.75) is 44.2 Å². The van der Waals surface area contributed by atoms with Crippen LogP contribution in [0.25, 0.3) is 0 Å². The maximum atomic E-state index is 13.9. The SMILES string of the molecule is CC(C)CN(C1CC1)S(=O)(=O)c1cc(CN)ccc1F. The van der Waals surface area contributed by atoms with Crippen LogP contribution in [0.1, 0.15) is 32.3 Å². The number of nitrogens with zero attached hydrogens (tertiary/aromatic N) is 1. The van der Waals surface area contributed by atoms with Gasteiger partial charge in [-0.3, -0.25) is 0 Å². The molecule has 1 saturated carbocycles. The summed E-state index contributed by atoms with van der Waals surface area (Å²) in [6, 6.07) is 4.05. The van der Waals surface area contributed by atoms with Crippen LogP contribution in [-0.2, 0) is 16.6 Å². The van der Waals surface area contributed by atoms with Gasteiger partial charge in [-0.2, -0.15) is 4.31 Å². The number of halogens is 1. The fourth-order valence-electron chi connectivity index (χ4n) is 2.16. The molecule has 1 aromatic carbocycles. The lowest BCUT2D eigenvalue weighted by Crippen LogP contribution is -2.36. The molecule has 112 valence electrons. The minimum atomic E-state index is -3.79. The summed E-state index contributed by atoms with van der Waals surface area (Å²) in [4.78, 5) is -0.256. The van der Waals surface area contributed by atoms with Gasteiger partial charge in [0, 0.05) is 19.1 Å². The molecule has 0 radical (unpaired) electrons. The normalized spacial score (nSPS) is 16.1. The van der Waals surface area contributed by atoms with Gasteiger partial charge in [0.05, 0.1) is 0 Å². The summed E-state index contributed by atoms with van der Waals surface area (Å²) < 4.78 is 40.7. The molecule has 0 aromatic heterocycles. The number of benzene rings is 1. The Morgan fingerprint density at radius 3 is 2.55 bits per heavy atom. The Balaban J connectivity index is 2.41. The first kappa shape index (κ1) is 15.4. The van der Waals surface area contributed by atoms with Gasteiger partial charge in [0.25, 0.3) is 0 Å². The molecule has 0 saturated heterocycles. The first-order chi connectivity index (χ1) is 9.36. The number of nitrogens with two attached hydrogens (primary N) is 1. The third-order valence-corrected chi connectivity index (χ3v) is 5.25. The summed E-state index contributed by atoms with van der Waals surface area (Å²) in [5.74, 6) is -0.511. The molecule has 0 heterocycles. The Morgan fingerprint density at radius 2 is 2.05 bits per heavy atom. The number of sulfonamides is 1. The van der Waals surface area contributed by atoms with Crippen molar-refractivity contribution in [3.05, 3.63) is 29.6 Å². The van der Waals surface area contributed by atoms with E-state index in [4.69, 9.17) is 5.73 Å². The maximum absolute atomic E-state index is 13.9. The highest BCUT2D eigenvalue weighted by atomic mass is 32.2. The summed E-state index contributed by atoms with van der Waals surface area (Å²) in [6.45, 7) is 4.52. The van der Waals surface area contributed by atoms with E-state index < -0.39 is 15.8 Å². The van der Waals surface area contributed by atoms with Gasteiger partial charge in [-0.15, -0.1) is 0 Å². The quantitative estimate of drug-likeness (QED) is 0.875. The molecule has 0 amide bonds. The molecule has 4 nitrogen and oxygen atoms in total. The molecule has 1 aliphatic carbocycles. The molecule has 0 bridgehead atoms. The summed E-state index contributed by atoms with van der Waals surface area (Å²) in [5.41, 5.74) is 6.13. The summed E-state index contributed by atoms with van der Waals surface area (Å²) in [5, 5.41) is 0. The second kappa shape index (κ2) is 5.79. The molecule has 0 spiro atoms. The van der Waals surface area contributed by atoms with E-state index in [-0.39, 0.29) is 23.4 Å². The van der Waals surface area contributed by atoms with E-state index in [0.717, 1.165) is 12.8 Å². The van der Waals surface area contributed by atoms with Gasteiger partial charge in [0.15, 0.2) is 0 Å². The molecule has 0 aliphatic heterocycles. The van der Waals surface area contributed by atoms with E-state index in [1.807, 2.05) is 13.8 Å². The van der Waals surface area contributed by atoms with Gasteiger partial charge >= 0.3 is 0 Å². The molecule has 0 atom stereocenters. The molecule has 6 heteroatoms. The zero-order valence-corrected chi connectivity index (χ0v) is 12.7. The minimum Gasteiger partial charge on any atom is -0.326 e. The van der Waals surface area contributed by atoms with E-state index in [1.54, 1.807) is 0 Å². The Kier molecular flexibility index (Phi) is 4.46. The Bertz CT molecular complexity index is 583. The van der Waals surface area contributed by atoms with Crippen LogP contribution in [0.2, 0.25) is 0 Å². The molecule has 20 heavy (non-hydrogen) atoms. The van der Waals surface area contributed by atoms with Crippen molar-refractivity contribution in [3.8, 4) is 0 Å². The predicted molar refractivity (Wildman–Crippen MR) is 76.0 cm³/mol. The molecule has 1 aromatic rings. The summed E-state index contributed by atoms with van der Waals surface area (Å²) >= 11 is 0. The van der Waals surface area contributed by atoms with E-state index >= 15 is 0 Å². The number of hydrogen-bond acceptors (Lipinski definition) is 3. The summed E-state index contributed by atoms with van der Waals surface area (Å²) in [7, 11) is -3.79. The van der Waals surface area contributed by atoms with Crippen molar-refractivity contribution in [2.24, 2.45) is 11.7 Å². The lowest BCUT2D eigenvalue weighted by Gasteiger charge is -2.24. The van der Waals surface area contributed by atoms with Gasteiger partial charge in [-0.1, -0.05) is 19.9 Å². The standard InChI is InChI=1S/C14H21FN2O2S/c1-10(2)9-17(12-4-5-12)20(18,19)14-7-11(8-16)3-6-13(14)15/h3,6-7,10,12H,4-5,8-9,16H2,1-2H3. The second-order valence-corrected chi connectivity index (χ2v) is 7.53. The highest BCUT2D eigenvalue weighted by Crippen LogP contribution is 2.33. The third kappa shape index (κ3) is 3.19. The first-order valence-corrected chi connectivity index (χ1v) is 8.30. The largest absolute Gasteiger partial charge is 0.326 e. The zero-order chi connectivity index (χ0) is 14.9. The minimum absolute atomic E-state index is 0.0170. The molecule has 2 rings (SSSR count). The predicted octanol–water partition coefficient (Wildman–Crippen LogP) is 2.09. The maximum Gasteiger partial charge on any atom is 0.246 e. The van der Waals surface area contributed by atoms with Gasteiger partial charge < -0.3 is 5.73 Å². The first-order valence-electron chi connectivity index (χ1n) is 6.86.